The molecule has 4 aromatic rings. The fraction of sp³-hybridized carbons (Fsp3) is 0.235. The normalized spacial score (nSPS) is 20.7. The number of hydrogen-bond donors (Lipinski definition) is 0. The SMILES string of the molecule is Cc1cc(Br)ccc1[C@@H]1N=C(c2c(F)cccc2F)O[C@H]1C.Cc1cc(Br)ccc1[C@H]1N=C(c2c(F)cccc2F)O[C@@H]1C. The molecule has 0 radical (unpaired) electrons. The van der Waals surface area contributed by atoms with Crippen molar-refractivity contribution >= 4 is 43.7 Å². The number of rotatable bonds is 4. The van der Waals surface area contributed by atoms with Crippen LogP contribution in [0, 0.1) is 37.1 Å². The van der Waals surface area contributed by atoms with Gasteiger partial charge < -0.3 is 9.47 Å². The summed E-state index contributed by atoms with van der Waals surface area (Å²) in [6.45, 7) is 7.65. The minimum absolute atomic E-state index is 0.0235. The van der Waals surface area contributed by atoms with E-state index in [1.807, 2.05) is 64.1 Å². The van der Waals surface area contributed by atoms with E-state index >= 15 is 0 Å². The Kier molecular flexibility index (Phi) is 9.60. The van der Waals surface area contributed by atoms with Crippen molar-refractivity contribution in [3.05, 3.63) is 138 Å². The lowest BCUT2D eigenvalue weighted by Crippen LogP contribution is -2.14. The fourth-order valence-corrected chi connectivity index (χ4v) is 6.19. The van der Waals surface area contributed by atoms with Crippen molar-refractivity contribution < 1.29 is 27.0 Å². The molecular formula is C34H28Br2F4N2O2. The van der Waals surface area contributed by atoms with Gasteiger partial charge in [0.2, 0.25) is 11.8 Å². The predicted octanol–water partition coefficient (Wildman–Crippen LogP) is 9.88. The smallest absolute Gasteiger partial charge is 0.223 e. The number of nitrogens with zero attached hydrogens (tertiary/aromatic N) is 2. The first kappa shape index (κ1) is 31.9. The van der Waals surface area contributed by atoms with Crippen LogP contribution >= 0.6 is 31.9 Å². The van der Waals surface area contributed by atoms with E-state index in [0.29, 0.717) is 0 Å². The van der Waals surface area contributed by atoms with Crippen molar-refractivity contribution in [3.63, 3.8) is 0 Å². The highest BCUT2D eigenvalue weighted by atomic mass is 79.9. The lowest BCUT2D eigenvalue weighted by atomic mass is 9.99. The van der Waals surface area contributed by atoms with Gasteiger partial charge in [-0.25, -0.2) is 27.5 Å². The number of hydrogen-bond acceptors (Lipinski definition) is 4. The summed E-state index contributed by atoms with van der Waals surface area (Å²) >= 11 is 6.84. The molecule has 0 unspecified atom stereocenters. The van der Waals surface area contributed by atoms with E-state index in [9.17, 15) is 17.6 Å². The highest BCUT2D eigenvalue weighted by Gasteiger charge is 2.34. The number of aryl methyl sites for hydroxylation is 2. The van der Waals surface area contributed by atoms with Crippen molar-refractivity contribution in [2.75, 3.05) is 0 Å². The molecule has 4 aromatic carbocycles. The Hall–Kier alpha value is -3.50. The van der Waals surface area contributed by atoms with Gasteiger partial charge in [-0.2, -0.15) is 0 Å². The summed E-state index contributed by atoms with van der Waals surface area (Å²) in [7, 11) is 0. The molecule has 2 heterocycles. The van der Waals surface area contributed by atoms with Gasteiger partial charge in [-0.05, 0) is 98.5 Å². The summed E-state index contributed by atoms with van der Waals surface area (Å²) in [4.78, 5) is 8.84. The van der Waals surface area contributed by atoms with Crippen molar-refractivity contribution in [1.82, 2.24) is 0 Å². The minimum Gasteiger partial charge on any atom is -0.472 e. The molecular weight excluding hydrogens is 704 g/mol. The Balaban J connectivity index is 0.000000175. The molecule has 0 N–H and O–H groups in total. The monoisotopic (exact) mass is 730 g/mol. The summed E-state index contributed by atoms with van der Waals surface area (Å²) in [5, 5.41) is 0. The number of halogens is 6. The van der Waals surface area contributed by atoms with Crippen LogP contribution in [-0.2, 0) is 9.47 Å². The van der Waals surface area contributed by atoms with Crippen molar-refractivity contribution in [2.24, 2.45) is 9.98 Å². The van der Waals surface area contributed by atoms with Crippen LogP contribution in [0.1, 0.15) is 59.3 Å². The van der Waals surface area contributed by atoms with Gasteiger partial charge in [0.05, 0.1) is 0 Å². The highest BCUT2D eigenvalue weighted by Crippen LogP contribution is 2.36. The molecule has 0 saturated carbocycles. The second-order valence-electron chi connectivity index (χ2n) is 10.6. The lowest BCUT2D eigenvalue weighted by molar-refractivity contribution is 0.212. The fourth-order valence-electron chi connectivity index (χ4n) is 5.24. The Morgan fingerprint density at radius 3 is 1.23 bits per heavy atom. The topological polar surface area (TPSA) is 43.2 Å². The molecule has 10 heteroatoms. The average molecular weight is 732 g/mol. The molecule has 0 saturated heterocycles. The molecule has 0 bridgehead atoms. The molecule has 4 nitrogen and oxygen atoms in total. The van der Waals surface area contributed by atoms with E-state index in [2.05, 4.69) is 41.8 Å². The molecule has 44 heavy (non-hydrogen) atoms. The number of benzene rings is 4. The highest BCUT2D eigenvalue weighted by molar-refractivity contribution is 9.10. The standard InChI is InChI=1S/2C17H14BrF2NO/c2*1-9-8-11(18)6-7-12(9)16-10(2)22-17(21-16)15-13(19)4-3-5-14(15)20/h2*3-8,10,16H,1-2H3/t2*10-,16+/m10/s1. The molecule has 2 aliphatic rings. The Bertz CT molecular complexity index is 1610. The lowest BCUT2D eigenvalue weighted by Gasteiger charge is -2.15. The summed E-state index contributed by atoms with van der Waals surface area (Å²) in [5.41, 5.74) is 3.67. The van der Waals surface area contributed by atoms with Crippen molar-refractivity contribution in [3.8, 4) is 0 Å². The maximum absolute atomic E-state index is 13.9. The van der Waals surface area contributed by atoms with Crippen LogP contribution in [0.4, 0.5) is 17.6 Å². The minimum atomic E-state index is -0.667. The quantitative estimate of drug-likeness (QED) is 0.196. The molecule has 0 aliphatic carbocycles. The van der Waals surface area contributed by atoms with Crippen molar-refractivity contribution in [2.45, 2.75) is 52.0 Å². The van der Waals surface area contributed by atoms with Crippen LogP contribution in [0.25, 0.3) is 0 Å². The van der Waals surface area contributed by atoms with E-state index in [0.717, 1.165) is 31.2 Å². The van der Waals surface area contributed by atoms with Gasteiger partial charge in [0.1, 0.15) is 58.7 Å². The van der Waals surface area contributed by atoms with E-state index < -0.39 is 23.3 Å². The first-order valence-corrected chi connectivity index (χ1v) is 15.4. The average Bonchev–Trinajstić information content (AvgIpc) is 3.51. The van der Waals surface area contributed by atoms with Gasteiger partial charge in [-0.1, -0.05) is 56.1 Å². The zero-order valence-corrected chi connectivity index (χ0v) is 27.4. The van der Waals surface area contributed by atoms with Gasteiger partial charge in [0.25, 0.3) is 0 Å². The third-order valence-corrected chi connectivity index (χ3v) is 8.44. The number of ether oxygens (including phenoxy) is 2. The third-order valence-electron chi connectivity index (χ3n) is 7.45. The summed E-state index contributed by atoms with van der Waals surface area (Å²) in [5.74, 6) is -2.62. The molecule has 0 fully saturated rings. The first-order valence-electron chi connectivity index (χ1n) is 13.8. The van der Waals surface area contributed by atoms with Crippen molar-refractivity contribution in [1.29, 1.82) is 0 Å². The van der Waals surface area contributed by atoms with Crippen LogP contribution < -0.4 is 0 Å². The second kappa shape index (κ2) is 13.2. The molecule has 6 rings (SSSR count). The summed E-state index contributed by atoms with van der Waals surface area (Å²) in [6, 6.07) is 18.6. The predicted molar refractivity (Wildman–Crippen MR) is 170 cm³/mol. The molecule has 0 aromatic heterocycles. The molecule has 4 atom stereocenters. The van der Waals surface area contributed by atoms with Gasteiger partial charge in [0, 0.05) is 8.95 Å². The molecule has 0 amide bonds. The molecule has 228 valence electrons. The van der Waals surface area contributed by atoms with Crippen LogP contribution in [-0.4, -0.2) is 24.0 Å². The Labute approximate surface area is 270 Å². The molecule has 0 spiro atoms. The van der Waals surface area contributed by atoms with E-state index in [1.165, 1.54) is 36.4 Å². The van der Waals surface area contributed by atoms with Gasteiger partial charge >= 0.3 is 0 Å². The summed E-state index contributed by atoms with van der Waals surface area (Å²) in [6.07, 6.45) is -0.567. The second-order valence-corrected chi connectivity index (χ2v) is 12.4. The maximum atomic E-state index is 13.9. The molecule has 2 aliphatic heterocycles. The first-order chi connectivity index (χ1) is 20.9. The van der Waals surface area contributed by atoms with Gasteiger partial charge in [-0.15, -0.1) is 0 Å². The zero-order valence-electron chi connectivity index (χ0n) is 24.2. The van der Waals surface area contributed by atoms with E-state index in [-0.39, 0.29) is 47.2 Å². The Morgan fingerprint density at radius 1 is 0.568 bits per heavy atom. The van der Waals surface area contributed by atoms with E-state index in [4.69, 9.17) is 9.47 Å². The largest absolute Gasteiger partial charge is 0.472 e. The number of aliphatic imine (C=N–C) groups is 2. The summed E-state index contributed by atoms with van der Waals surface area (Å²) < 4.78 is 68.7. The zero-order chi connectivity index (χ0) is 31.7. The third kappa shape index (κ3) is 6.61. The van der Waals surface area contributed by atoms with Gasteiger partial charge in [-0.3, -0.25) is 0 Å². The van der Waals surface area contributed by atoms with Crippen LogP contribution in [0.3, 0.4) is 0 Å². The van der Waals surface area contributed by atoms with Crippen LogP contribution in [0.2, 0.25) is 0 Å². The Morgan fingerprint density at radius 2 is 0.909 bits per heavy atom. The van der Waals surface area contributed by atoms with Gasteiger partial charge in [0.15, 0.2) is 0 Å². The van der Waals surface area contributed by atoms with E-state index in [1.54, 1.807) is 0 Å². The van der Waals surface area contributed by atoms with Crippen LogP contribution in [0.15, 0.2) is 91.7 Å². The van der Waals surface area contributed by atoms with Crippen LogP contribution in [0.5, 0.6) is 0 Å². The maximum Gasteiger partial charge on any atom is 0.223 e.